The highest BCUT2D eigenvalue weighted by molar-refractivity contribution is 5.78. The molecular weight excluding hydrogens is 316 g/mol. The van der Waals surface area contributed by atoms with E-state index in [1.807, 2.05) is 47.4 Å². The third-order valence-electron chi connectivity index (χ3n) is 4.65. The molecule has 1 aliphatic heterocycles. The van der Waals surface area contributed by atoms with Gasteiger partial charge >= 0.3 is 0 Å². The maximum atomic E-state index is 12.6. The van der Waals surface area contributed by atoms with Gasteiger partial charge in [0, 0.05) is 26.0 Å². The predicted molar refractivity (Wildman–Crippen MR) is 95.4 cm³/mol. The van der Waals surface area contributed by atoms with Crippen molar-refractivity contribution in [2.45, 2.75) is 24.9 Å². The van der Waals surface area contributed by atoms with Crippen molar-refractivity contribution in [3.63, 3.8) is 0 Å². The summed E-state index contributed by atoms with van der Waals surface area (Å²) in [5.41, 5.74) is 0.472. The summed E-state index contributed by atoms with van der Waals surface area (Å²) < 4.78 is 11.7. The van der Waals surface area contributed by atoms with Crippen LogP contribution in [0.4, 0.5) is 0 Å². The Kier molecular flexibility index (Phi) is 5.66. The van der Waals surface area contributed by atoms with E-state index < -0.39 is 5.60 Å². The summed E-state index contributed by atoms with van der Waals surface area (Å²) in [5.74, 6) is 0.923. The smallest absolute Gasteiger partial charge is 0.227 e. The lowest BCUT2D eigenvalue weighted by Gasteiger charge is -2.41. The molecule has 1 aliphatic rings. The number of aromatic nitrogens is 1. The van der Waals surface area contributed by atoms with Crippen LogP contribution in [0.3, 0.4) is 0 Å². The van der Waals surface area contributed by atoms with Gasteiger partial charge in [-0.3, -0.25) is 9.78 Å². The summed E-state index contributed by atoms with van der Waals surface area (Å²) in [4.78, 5) is 18.6. The quantitative estimate of drug-likeness (QED) is 0.811. The summed E-state index contributed by atoms with van der Waals surface area (Å²) in [5, 5.41) is 0. The van der Waals surface area contributed by atoms with Gasteiger partial charge < -0.3 is 14.4 Å². The van der Waals surface area contributed by atoms with E-state index >= 15 is 0 Å². The van der Waals surface area contributed by atoms with Crippen molar-refractivity contribution in [2.75, 3.05) is 26.8 Å². The van der Waals surface area contributed by atoms with Crippen molar-refractivity contribution in [3.8, 4) is 5.75 Å². The van der Waals surface area contributed by atoms with E-state index in [1.54, 1.807) is 19.5 Å². The normalized spacial score (nSPS) is 20.3. The van der Waals surface area contributed by atoms with Gasteiger partial charge in [-0.2, -0.15) is 0 Å². The molecule has 0 bridgehead atoms. The van der Waals surface area contributed by atoms with E-state index in [0.717, 1.165) is 30.7 Å². The number of hydrogen-bond acceptors (Lipinski definition) is 4. The summed E-state index contributed by atoms with van der Waals surface area (Å²) in [6.45, 7) is 1.75. The zero-order valence-corrected chi connectivity index (χ0v) is 14.6. The molecule has 1 fully saturated rings. The Bertz CT molecular complexity index is 678. The van der Waals surface area contributed by atoms with Crippen LogP contribution < -0.4 is 4.74 Å². The number of rotatable bonds is 6. The molecule has 1 unspecified atom stereocenters. The Morgan fingerprint density at radius 1 is 1.24 bits per heavy atom. The van der Waals surface area contributed by atoms with Gasteiger partial charge in [-0.1, -0.05) is 24.3 Å². The molecule has 2 heterocycles. The van der Waals surface area contributed by atoms with Crippen LogP contribution in [0.2, 0.25) is 0 Å². The molecule has 1 atom stereocenters. The van der Waals surface area contributed by atoms with Crippen LogP contribution >= 0.6 is 0 Å². The van der Waals surface area contributed by atoms with Crippen LogP contribution in [-0.4, -0.2) is 48.2 Å². The first kappa shape index (κ1) is 17.4. The second-order valence-electron chi connectivity index (χ2n) is 6.45. The van der Waals surface area contributed by atoms with Crippen molar-refractivity contribution in [1.29, 1.82) is 0 Å². The third kappa shape index (κ3) is 4.57. The van der Waals surface area contributed by atoms with Crippen molar-refractivity contribution in [2.24, 2.45) is 0 Å². The molecular formula is C20H24N2O3. The lowest BCUT2D eigenvalue weighted by molar-refractivity contribution is -0.142. The van der Waals surface area contributed by atoms with Gasteiger partial charge in [0.15, 0.2) is 0 Å². The number of piperidine rings is 1. The Morgan fingerprint density at radius 3 is 2.80 bits per heavy atom. The maximum absolute atomic E-state index is 12.6. The van der Waals surface area contributed by atoms with E-state index in [9.17, 15) is 4.79 Å². The van der Waals surface area contributed by atoms with Gasteiger partial charge in [-0.15, -0.1) is 0 Å². The van der Waals surface area contributed by atoms with E-state index in [0.29, 0.717) is 19.6 Å². The van der Waals surface area contributed by atoms with Gasteiger partial charge in [-0.25, -0.2) is 0 Å². The number of carbonyl (C=O) groups excluding carboxylic acids is 1. The van der Waals surface area contributed by atoms with Crippen LogP contribution in [0.5, 0.6) is 5.75 Å². The van der Waals surface area contributed by atoms with E-state index in [2.05, 4.69) is 4.98 Å². The van der Waals surface area contributed by atoms with Crippen LogP contribution in [0.15, 0.2) is 54.9 Å². The average molecular weight is 340 g/mol. The van der Waals surface area contributed by atoms with Crippen LogP contribution in [-0.2, 0) is 16.0 Å². The van der Waals surface area contributed by atoms with E-state index in [4.69, 9.17) is 9.47 Å². The summed E-state index contributed by atoms with van der Waals surface area (Å²) >= 11 is 0. The fraction of sp³-hybridized carbons (Fsp3) is 0.400. The van der Waals surface area contributed by atoms with Crippen molar-refractivity contribution in [1.82, 2.24) is 9.88 Å². The van der Waals surface area contributed by atoms with Gasteiger partial charge in [-0.05, 0) is 36.6 Å². The van der Waals surface area contributed by atoms with E-state index in [-0.39, 0.29) is 5.91 Å². The lowest BCUT2D eigenvalue weighted by Crippen LogP contribution is -2.54. The summed E-state index contributed by atoms with van der Waals surface area (Å²) in [6, 6.07) is 13.5. The number of para-hydroxylation sites is 1. The zero-order chi connectivity index (χ0) is 17.5. The van der Waals surface area contributed by atoms with E-state index in [1.165, 1.54) is 0 Å². The number of nitrogens with zero attached hydrogens (tertiary/aromatic N) is 2. The highest BCUT2D eigenvalue weighted by Gasteiger charge is 2.38. The molecule has 3 rings (SSSR count). The minimum Gasteiger partial charge on any atom is -0.491 e. The van der Waals surface area contributed by atoms with Crippen molar-refractivity contribution in [3.05, 3.63) is 60.4 Å². The largest absolute Gasteiger partial charge is 0.491 e. The number of carbonyl (C=O) groups is 1. The molecule has 1 amide bonds. The SMILES string of the molecule is COC1(COc2ccccc2)CCCN(C(=O)Cc2cccnc2)C1. The number of benzene rings is 1. The Morgan fingerprint density at radius 2 is 2.08 bits per heavy atom. The predicted octanol–water partition coefficient (Wildman–Crippen LogP) is 2.71. The molecule has 2 aromatic rings. The van der Waals surface area contributed by atoms with Crippen molar-refractivity contribution >= 4 is 5.91 Å². The molecule has 0 radical (unpaired) electrons. The monoisotopic (exact) mass is 340 g/mol. The lowest BCUT2D eigenvalue weighted by atomic mass is 9.93. The molecule has 0 N–H and O–H groups in total. The zero-order valence-electron chi connectivity index (χ0n) is 14.6. The molecule has 1 aromatic carbocycles. The molecule has 0 saturated carbocycles. The average Bonchev–Trinajstić information content (AvgIpc) is 2.68. The number of methoxy groups -OCH3 is 1. The van der Waals surface area contributed by atoms with Crippen LogP contribution in [0.1, 0.15) is 18.4 Å². The minimum atomic E-state index is -0.460. The molecule has 5 nitrogen and oxygen atoms in total. The number of hydrogen-bond donors (Lipinski definition) is 0. The topological polar surface area (TPSA) is 51.7 Å². The number of amides is 1. The van der Waals surface area contributed by atoms with Gasteiger partial charge in [0.05, 0.1) is 13.0 Å². The highest BCUT2D eigenvalue weighted by atomic mass is 16.5. The van der Waals surface area contributed by atoms with Gasteiger partial charge in [0.25, 0.3) is 0 Å². The number of ether oxygens (including phenoxy) is 2. The van der Waals surface area contributed by atoms with Gasteiger partial charge in [0.1, 0.15) is 18.0 Å². The first-order valence-electron chi connectivity index (χ1n) is 8.60. The molecule has 132 valence electrons. The molecule has 0 aliphatic carbocycles. The molecule has 1 aromatic heterocycles. The fourth-order valence-corrected chi connectivity index (χ4v) is 3.17. The number of pyridine rings is 1. The molecule has 25 heavy (non-hydrogen) atoms. The Hall–Kier alpha value is -2.40. The Labute approximate surface area is 148 Å². The molecule has 0 spiro atoms. The second kappa shape index (κ2) is 8.12. The third-order valence-corrected chi connectivity index (χ3v) is 4.65. The summed E-state index contributed by atoms with van der Waals surface area (Å²) in [6.07, 6.45) is 5.61. The molecule has 5 heteroatoms. The van der Waals surface area contributed by atoms with Gasteiger partial charge in [0.2, 0.25) is 5.91 Å². The minimum absolute atomic E-state index is 0.105. The standard InChI is InChI=1S/C20H24N2O3/c1-24-20(16-25-18-8-3-2-4-9-18)10-6-12-22(15-20)19(23)13-17-7-5-11-21-14-17/h2-5,7-9,11,14H,6,10,12-13,15-16H2,1H3. The van der Waals surface area contributed by atoms with Crippen LogP contribution in [0, 0.1) is 0 Å². The van der Waals surface area contributed by atoms with Crippen molar-refractivity contribution < 1.29 is 14.3 Å². The highest BCUT2D eigenvalue weighted by Crippen LogP contribution is 2.26. The first-order chi connectivity index (χ1) is 12.2. The number of likely N-dealkylation sites (tertiary alicyclic amines) is 1. The fourth-order valence-electron chi connectivity index (χ4n) is 3.17. The maximum Gasteiger partial charge on any atom is 0.227 e. The summed E-state index contributed by atoms with van der Waals surface area (Å²) in [7, 11) is 1.70. The second-order valence-corrected chi connectivity index (χ2v) is 6.45. The first-order valence-corrected chi connectivity index (χ1v) is 8.60. The van der Waals surface area contributed by atoms with Crippen LogP contribution in [0.25, 0.3) is 0 Å². The Balaban J connectivity index is 1.62. The molecule has 1 saturated heterocycles.